The van der Waals surface area contributed by atoms with Gasteiger partial charge in [-0.15, -0.1) is 0 Å². The van der Waals surface area contributed by atoms with Crippen molar-refractivity contribution >= 4 is 0 Å². The average molecular weight is 189 g/mol. The predicted molar refractivity (Wildman–Crippen MR) is 52.3 cm³/mol. The molecule has 0 saturated carbocycles. The molecule has 4 heteroatoms. The van der Waals surface area contributed by atoms with E-state index >= 15 is 0 Å². The Labute approximate surface area is 82.0 Å². The molecule has 4 nitrogen and oxygen atoms in total. The molecule has 0 aliphatic heterocycles. The Hall–Kier alpha value is -1.84. The lowest BCUT2D eigenvalue weighted by atomic mass is 10.3. The predicted octanol–water partition coefficient (Wildman–Crippen LogP) is 1.03. The maximum atomic E-state index is 11.4. The summed E-state index contributed by atoms with van der Waals surface area (Å²) in [4.78, 5) is 4.28. The molecule has 0 atom stereocenters. The van der Waals surface area contributed by atoms with Crippen molar-refractivity contribution in [1.29, 1.82) is 0 Å². The smallest absolute Gasteiger partial charge is 0.243 e. The summed E-state index contributed by atoms with van der Waals surface area (Å²) in [6.07, 6.45) is 3.32. The topological polar surface area (TPSA) is 44.8 Å². The first kappa shape index (κ1) is 8.74. The van der Waals surface area contributed by atoms with E-state index in [1.54, 1.807) is 12.1 Å². The second-order valence-corrected chi connectivity index (χ2v) is 3.20. The van der Waals surface area contributed by atoms with E-state index < -0.39 is 0 Å². The van der Waals surface area contributed by atoms with E-state index in [2.05, 4.69) is 4.98 Å². The summed E-state index contributed by atoms with van der Waals surface area (Å²) >= 11 is 0. The zero-order chi connectivity index (χ0) is 10.1. The number of nitrogens with zero attached hydrogens (tertiary/aromatic N) is 3. The molecule has 0 bridgehead atoms. The highest BCUT2D eigenvalue weighted by Gasteiger charge is 2.11. The summed E-state index contributed by atoms with van der Waals surface area (Å²) in [5.74, 6) is 0.892. The minimum Gasteiger partial charge on any atom is -0.618 e. The third-order valence-corrected chi connectivity index (χ3v) is 2.20. The Morgan fingerprint density at radius 1 is 1.43 bits per heavy atom. The van der Waals surface area contributed by atoms with E-state index in [0.717, 1.165) is 10.6 Å². The molecule has 0 amide bonds. The van der Waals surface area contributed by atoms with Gasteiger partial charge < -0.3 is 9.77 Å². The Morgan fingerprint density at radius 2 is 2.21 bits per heavy atom. The van der Waals surface area contributed by atoms with Crippen LogP contribution in [0, 0.1) is 12.1 Å². The molecular weight excluding hydrogens is 178 g/mol. The van der Waals surface area contributed by atoms with Crippen LogP contribution in [0.4, 0.5) is 0 Å². The lowest BCUT2D eigenvalue weighted by Gasteiger charge is -1.99. The minimum absolute atomic E-state index is 0.580. The number of hydrogen-bond donors (Lipinski definition) is 0. The van der Waals surface area contributed by atoms with Crippen LogP contribution in [0.25, 0.3) is 11.4 Å². The van der Waals surface area contributed by atoms with Gasteiger partial charge >= 0.3 is 0 Å². The van der Waals surface area contributed by atoms with Crippen molar-refractivity contribution < 1.29 is 4.73 Å². The Balaban J connectivity index is 2.55. The van der Waals surface area contributed by atoms with Gasteiger partial charge in [-0.05, 0) is 13.0 Å². The van der Waals surface area contributed by atoms with E-state index in [9.17, 15) is 5.21 Å². The fraction of sp³-hybridized carbons (Fsp3) is 0.200. The van der Waals surface area contributed by atoms with Crippen LogP contribution >= 0.6 is 0 Å². The fourth-order valence-corrected chi connectivity index (χ4v) is 1.31. The van der Waals surface area contributed by atoms with Gasteiger partial charge in [-0.3, -0.25) is 0 Å². The number of hydrogen-bond acceptors (Lipinski definition) is 2. The standard InChI is InChI=1S/C10H11N3O/c1-8-11-9(7-12(8)2)10-5-3-4-6-13(10)14/h3-7H,1-2H3. The van der Waals surface area contributed by atoms with Crippen molar-refractivity contribution in [1.82, 2.24) is 9.55 Å². The van der Waals surface area contributed by atoms with Crippen molar-refractivity contribution in [2.24, 2.45) is 7.05 Å². The number of aryl methyl sites for hydroxylation is 2. The van der Waals surface area contributed by atoms with Crippen LogP contribution in [-0.2, 0) is 7.05 Å². The van der Waals surface area contributed by atoms with Crippen LogP contribution in [0.2, 0.25) is 0 Å². The van der Waals surface area contributed by atoms with Gasteiger partial charge in [0.1, 0.15) is 5.82 Å². The van der Waals surface area contributed by atoms with Gasteiger partial charge in [-0.25, -0.2) is 4.98 Å². The molecule has 0 N–H and O–H groups in total. The van der Waals surface area contributed by atoms with E-state index in [1.807, 2.05) is 30.8 Å². The summed E-state index contributed by atoms with van der Waals surface area (Å²) in [6, 6.07) is 5.29. The Morgan fingerprint density at radius 3 is 2.79 bits per heavy atom. The van der Waals surface area contributed by atoms with Crippen LogP contribution in [0.15, 0.2) is 30.6 Å². The summed E-state index contributed by atoms with van der Waals surface area (Å²) in [5, 5.41) is 11.4. The molecule has 72 valence electrons. The first-order valence-corrected chi connectivity index (χ1v) is 4.37. The summed E-state index contributed by atoms with van der Waals surface area (Å²) < 4.78 is 2.71. The minimum atomic E-state index is 0.580. The van der Waals surface area contributed by atoms with Crippen molar-refractivity contribution in [2.75, 3.05) is 0 Å². The summed E-state index contributed by atoms with van der Waals surface area (Å²) in [5.41, 5.74) is 1.29. The van der Waals surface area contributed by atoms with E-state index in [-0.39, 0.29) is 0 Å². The molecule has 2 heterocycles. The van der Waals surface area contributed by atoms with Crippen LogP contribution in [0.1, 0.15) is 5.82 Å². The van der Waals surface area contributed by atoms with E-state index in [4.69, 9.17) is 0 Å². The van der Waals surface area contributed by atoms with Gasteiger partial charge in [-0.1, -0.05) is 0 Å². The van der Waals surface area contributed by atoms with Gasteiger partial charge in [0.15, 0.2) is 11.9 Å². The van der Waals surface area contributed by atoms with Crippen LogP contribution in [0.3, 0.4) is 0 Å². The van der Waals surface area contributed by atoms with Gasteiger partial charge in [0.25, 0.3) is 0 Å². The zero-order valence-electron chi connectivity index (χ0n) is 8.14. The first-order valence-electron chi connectivity index (χ1n) is 4.37. The van der Waals surface area contributed by atoms with Crippen LogP contribution in [0.5, 0.6) is 0 Å². The molecule has 0 saturated heterocycles. The van der Waals surface area contributed by atoms with Crippen LogP contribution in [-0.4, -0.2) is 9.55 Å². The molecule has 0 aliphatic rings. The molecule has 2 aromatic heterocycles. The van der Waals surface area contributed by atoms with Crippen molar-refractivity contribution in [3.63, 3.8) is 0 Å². The number of pyridine rings is 1. The van der Waals surface area contributed by atoms with Crippen molar-refractivity contribution in [3.8, 4) is 11.4 Å². The van der Waals surface area contributed by atoms with Gasteiger partial charge in [0.2, 0.25) is 5.69 Å². The third-order valence-electron chi connectivity index (χ3n) is 2.20. The first-order chi connectivity index (χ1) is 6.68. The molecule has 0 fully saturated rings. The van der Waals surface area contributed by atoms with Gasteiger partial charge in [-0.2, -0.15) is 4.73 Å². The highest BCUT2D eigenvalue weighted by molar-refractivity contribution is 5.49. The molecule has 0 unspecified atom stereocenters. The van der Waals surface area contributed by atoms with Gasteiger partial charge in [0, 0.05) is 25.4 Å². The van der Waals surface area contributed by atoms with Gasteiger partial charge in [0.05, 0.1) is 0 Å². The zero-order valence-corrected chi connectivity index (χ0v) is 8.14. The highest BCUT2D eigenvalue weighted by atomic mass is 16.5. The number of rotatable bonds is 1. The molecule has 0 aromatic carbocycles. The van der Waals surface area contributed by atoms with Crippen LogP contribution < -0.4 is 4.73 Å². The largest absolute Gasteiger partial charge is 0.618 e. The second-order valence-electron chi connectivity index (χ2n) is 3.20. The van der Waals surface area contributed by atoms with Crippen molar-refractivity contribution in [2.45, 2.75) is 6.92 Å². The average Bonchev–Trinajstić information content (AvgIpc) is 2.48. The summed E-state index contributed by atoms with van der Waals surface area (Å²) in [7, 11) is 1.91. The molecule has 2 rings (SSSR count). The van der Waals surface area contributed by atoms with Crippen molar-refractivity contribution in [3.05, 3.63) is 41.6 Å². The third kappa shape index (κ3) is 1.35. The second kappa shape index (κ2) is 3.14. The normalized spacial score (nSPS) is 10.4. The molecule has 14 heavy (non-hydrogen) atoms. The molecule has 2 aromatic rings. The fourth-order valence-electron chi connectivity index (χ4n) is 1.31. The molecule has 0 radical (unpaired) electrons. The number of aromatic nitrogens is 3. The Kier molecular flexibility index (Phi) is 1.96. The molecule has 0 aliphatic carbocycles. The number of imidazole rings is 1. The monoisotopic (exact) mass is 189 g/mol. The highest BCUT2D eigenvalue weighted by Crippen LogP contribution is 2.12. The molecule has 0 spiro atoms. The van der Waals surface area contributed by atoms with E-state index in [0.29, 0.717) is 11.4 Å². The van der Waals surface area contributed by atoms with E-state index in [1.165, 1.54) is 6.20 Å². The maximum Gasteiger partial charge on any atom is 0.243 e. The maximum absolute atomic E-state index is 11.4. The Bertz CT molecular complexity index is 443. The lowest BCUT2D eigenvalue weighted by Crippen LogP contribution is -2.27. The molecular formula is C10H11N3O. The summed E-state index contributed by atoms with van der Waals surface area (Å²) in [6.45, 7) is 1.90. The quantitative estimate of drug-likeness (QED) is 0.496. The lowest BCUT2D eigenvalue weighted by molar-refractivity contribution is -0.593. The SMILES string of the molecule is Cc1nc(-c2cccc[n+]2[O-])cn1C.